The summed E-state index contributed by atoms with van der Waals surface area (Å²) in [6.07, 6.45) is -1.90. The molecule has 0 spiro atoms. The largest absolute Gasteiger partial charge is 0.390 e. The van der Waals surface area contributed by atoms with Crippen molar-refractivity contribution in [2.75, 3.05) is 16.8 Å². The molecule has 3 aromatic carbocycles. The number of hydrogen-bond donors (Lipinski definition) is 3. The minimum absolute atomic E-state index is 0.215. The Hall–Kier alpha value is -3.19. The Morgan fingerprint density at radius 1 is 0.970 bits per heavy atom. The van der Waals surface area contributed by atoms with Gasteiger partial charge in [-0.2, -0.15) is 0 Å². The van der Waals surface area contributed by atoms with Crippen molar-refractivity contribution in [2.45, 2.75) is 32.5 Å². The second-order valence-electron chi connectivity index (χ2n) is 8.26. The normalized spacial score (nSPS) is 17.8. The van der Waals surface area contributed by atoms with Crippen LogP contribution in [-0.2, 0) is 0 Å². The van der Waals surface area contributed by atoms with Gasteiger partial charge >= 0.3 is 0 Å². The molecule has 0 saturated heterocycles. The van der Waals surface area contributed by atoms with Gasteiger partial charge in [-0.3, -0.25) is 9.59 Å². The monoisotopic (exact) mass is 464 g/mol. The van der Waals surface area contributed by atoms with E-state index in [1.165, 1.54) is 0 Å². The van der Waals surface area contributed by atoms with E-state index in [4.69, 9.17) is 11.6 Å². The summed E-state index contributed by atoms with van der Waals surface area (Å²) in [6, 6.07) is 17.4. The Morgan fingerprint density at radius 3 is 2.45 bits per heavy atom. The maximum Gasteiger partial charge on any atom is 0.258 e. The molecule has 170 valence electrons. The van der Waals surface area contributed by atoms with E-state index in [1.807, 2.05) is 25.1 Å². The van der Waals surface area contributed by atoms with Crippen LogP contribution in [0, 0.1) is 13.8 Å². The maximum absolute atomic E-state index is 13.5. The third kappa shape index (κ3) is 4.64. The number of aliphatic hydroxyl groups excluding tert-OH is 2. The number of carbonyl (C=O) groups excluding carboxylic acids is 2. The summed E-state index contributed by atoms with van der Waals surface area (Å²) < 4.78 is 0. The second kappa shape index (κ2) is 9.35. The molecule has 0 unspecified atom stereocenters. The van der Waals surface area contributed by atoms with Crippen LogP contribution >= 0.6 is 11.6 Å². The Labute approximate surface area is 197 Å². The number of nitrogens with zero attached hydrogens (tertiary/aromatic N) is 1. The van der Waals surface area contributed by atoms with E-state index >= 15 is 0 Å². The number of benzene rings is 3. The number of amides is 2. The quantitative estimate of drug-likeness (QED) is 0.526. The highest BCUT2D eigenvalue weighted by molar-refractivity contribution is 6.30. The van der Waals surface area contributed by atoms with Gasteiger partial charge in [0.2, 0.25) is 0 Å². The van der Waals surface area contributed by atoms with Crippen LogP contribution in [0.15, 0.2) is 60.7 Å². The predicted octanol–water partition coefficient (Wildman–Crippen LogP) is 4.65. The summed E-state index contributed by atoms with van der Waals surface area (Å²) >= 11 is 6.09. The molecule has 1 aliphatic heterocycles. The zero-order valence-electron chi connectivity index (χ0n) is 18.4. The van der Waals surface area contributed by atoms with Crippen LogP contribution < -0.4 is 10.2 Å². The lowest BCUT2D eigenvalue weighted by Crippen LogP contribution is -2.33. The average Bonchev–Trinajstić information content (AvgIpc) is 2.90. The summed E-state index contributed by atoms with van der Waals surface area (Å²) in [5.41, 5.74) is 4.16. The summed E-state index contributed by atoms with van der Waals surface area (Å²) in [4.78, 5) is 27.7. The van der Waals surface area contributed by atoms with Crippen molar-refractivity contribution in [1.29, 1.82) is 0 Å². The second-order valence-corrected chi connectivity index (χ2v) is 8.70. The molecule has 1 heterocycles. The van der Waals surface area contributed by atoms with Gasteiger partial charge in [-0.15, -0.1) is 0 Å². The van der Waals surface area contributed by atoms with E-state index < -0.39 is 12.2 Å². The van der Waals surface area contributed by atoms with Gasteiger partial charge in [0.25, 0.3) is 11.8 Å². The van der Waals surface area contributed by atoms with Crippen LogP contribution in [-0.4, -0.2) is 34.7 Å². The minimum atomic E-state index is -1.13. The fourth-order valence-corrected chi connectivity index (χ4v) is 4.30. The van der Waals surface area contributed by atoms with Gasteiger partial charge in [0.1, 0.15) is 6.10 Å². The van der Waals surface area contributed by atoms with Gasteiger partial charge < -0.3 is 20.4 Å². The van der Waals surface area contributed by atoms with E-state index in [2.05, 4.69) is 5.32 Å². The first-order valence-corrected chi connectivity index (χ1v) is 11.1. The van der Waals surface area contributed by atoms with Gasteiger partial charge in [-0.05, 0) is 73.9 Å². The zero-order chi connectivity index (χ0) is 23.7. The molecule has 2 amide bonds. The lowest BCUT2D eigenvalue weighted by molar-refractivity contribution is 0.0176. The van der Waals surface area contributed by atoms with Gasteiger partial charge in [0, 0.05) is 39.6 Å². The molecule has 0 radical (unpaired) electrons. The Kier molecular flexibility index (Phi) is 6.51. The van der Waals surface area contributed by atoms with Gasteiger partial charge in [-0.25, -0.2) is 0 Å². The number of hydrogen-bond acceptors (Lipinski definition) is 4. The highest BCUT2D eigenvalue weighted by atomic mass is 35.5. The first-order valence-electron chi connectivity index (χ1n) is 10.7. The van der Waals surface area contributed by atoms with Gasteiger partial charge in [-0.1, -0.05) is 29.8 Å². The van der Waals surface area contributed by atoms with Crippen molar-refractivity contribution in [3.8, 4) is 0 Å². The summed E-state index contributed by atoms with van der Waals surface area (Å²) in [5, 5.41) is 24.1. The summed E-state index contributed by atoms with van der Waals surface area (Å²) in [6.45, 7) is 3.93. The fourth-order valence-electron chi connectivity index (χ4n) is 4.12. The standard InChI is InChI=1S/C26H25ClN2O4/c1-15-5-3-4-6-19(15)25(32)28-18-8-9-20(16(2)13-18)26(33)29-12-11-23(30)24(31)21-14-17(27)7-10-22(21)29/h3-10,13-14,23-24,30-31H,11-12H2,1-2H3,(H,28,32)/t23-,24+/m0/s1. The minimum Gasteiger partial charge on any atom is -0.390 e. The number of carbonyl (C=O) groups is 2. The highest BCUT2D eigenvalue weighted by Gasteiger charge is 2.31. The Bertz CT molecular complexity index is 1230. The van der Waals surface area contributed by atoms with Crippen LogP contribution in [0.2, 0.25) is 5.02 Å². The fraction of sp³-hybridized carbons (Fsp3) is 0.231. The predicted molar refractivity (Wildman–Crippen MR) is 129 cm³/mol. The molecule has 0 bridgehead atoms. The Balaban J connectivity index is 1.61. The zero-order valence-corrected chi connectivity index (χ0v) is 19.1. The van der Waals surface area contributed by atoms with E-state index in [1.54, 1.807) is 54.3 Å². The van der Waals surface area contributed by atoms with Crippen LogP contribution in [0.1, 0.15) is 49.9 Å². The topological polar surface area (TPSA) is 89.9 Å². The molecule has 2 atom stereocenters. The molecule has 3 aromatic rings. The molecular weight excluding hydrogens is 440 g/mol. The van der Waals surface area contributed by atoms with Crippen molar-refractivity contribution in [3.05, 3.63) is 93.5 Å². The van der Waals surface area contributed by atoms with Crippen molar-refractivity contribution >= 4 is 34.8 Å². The number of aliphatic hydroxyl groups is 2. The maximum atomic E-state index is 13.5. The molecule has 0 fully saturated rings. The molecular formula is C26H25ClN2O4. The lowest BCUT2D eigenvalue weighted by Gasteiger charge is -2.24. The molecule has 3 N–H and O–H groups in total. The first kappa shape index (κ1) is 23.0. The molecule has 0 saturated carbocycles. The molecule has 4 rings (SSSR count). The summed E-state index contributed by atoms with van der Waals surface area (Å²) in [7, 11) is 0. The summed E-state index contributed by atoms with van der Waals surface area (Å²) in [5.74, 6) is -0.470. The molecule has 1 aliphatic rings. The van der Waals surface area contributed by atoms with Crippen LogP contribution in [0.4, 0.5) is 11.4 Å². The molecule has 0 aromatic heterocycles. The Morgan fingerprint density at radius 2 is 1.73 bits per heavy atom. The van der Waals surface area contributed by atoms with E-state index in [-0.39, 0.29) is 24.8 Å². The van der Waals surface area contributed by atoms with E-state index in [0.717, 1.165) is 5.56 Å². The van der Waals surface area contributed by atoms with Crippen molar-refractivity contribution in [1.82, 2.24) is 0 Å². The van der Waals surface area contributed by atoms with Crippen LogP contribution in [0.25, 0.3) is 0 Å². The number of fused-ring (bicyclic) bond motifs is 1. The molecule has 6 nitrogen and oxygen atoms in total. The van der Waals surface area contributed by atoms with Gasteiger partial charge in [0.05, 0.1) is 6.10 Å². The smallest absolute Gasteiger partial charge is 0.258 e. The van der Waals surface area contributed by atoms with Crippen LogP contribution in [0.3, 0.4) is 0 Å². The number of rotatable bonds is 3. The van der Waals surface area contributed by atoms with Gasteiger partial charge in [0.15, 0.2) is 0 Å². The number of aryl methyl sites for hydroxylation is 2. The number of halogens is 1. The number of nitrogens with one attached hydrogen (secondary N) is 1. The highest BCUT2D eigenvalue weighted by Crippen LogP contribution is 2.36. The third-order valence-electron chi connectivity index (χ3n) is 5.96. The first-order chi connectivity index (χ1) is 15.8. The van der Waals surface area contributed by atoms with Crippen molar-refractivity contribution in [3.63, 3.8) is 0 Å². The van der Waals surface area contributed by atoms with Crippen molar-refractivity contribution < 1.29 is 19.8 Å². The van der Waals surface area contributed by atoms with Crippen LogP contribution in [0.5, 0.6) is 0 Å². The molecule has 33 heavy (non-hydrogen) atoms. The van der Waals surface area contributed by atoms with E-state index in [9.17, 15) is 19.8 Å². The molecule has 0 aliphatic carbocycles. The number of anilines is 2. The third-order valence-corrected chi connectivity index (χ3v) is 6.20. The SMILES string of the molecule is Cc1ccccc1C(=O)Nc1ccc(C(=O)N2CC[C@H](O)[C@H](O)c3cc(Cl)ccc32)c(C)c1. The lowest BCUT2D eigenvalue weighted by atomic mass is 10.0. The average molecular weight is 465 g/mol. The van der Waals surface area contributed by atoms with Crippen molar-refractivity contribution in [2.24, 2.45) is 0 Å². The molecule has 7 heteroatoms. The van der Waals surface area contributed by atoms with E-state index in [0.29, 0.717) is 38.7 Å².